The number of rotatable bonds is 3. The van der Waals surface area contributed by atoms with Gasteiger partial charge in [0.15, 0.2) is 5.13 Å². The van der Waals surface area contributed by atoms with Crippen LogP contribution >= 0.6 is 47.5 Å². The largest absolute Gasteiger partial charge is 0.302 e. The first-order valence-corrected chi connectivity index (χ1v) is 8.71. The third kappa shape index (κ3) is 3.72. The van der Waals surface area contributed by atoms with Crippen LogP contribution in [0.15, 0.2) is 29.6 Å². The highest BCUT2D eigenvalue weighted by atomic mass is 35.5. The van der Waals surface area contributed by atoms with Crippen molar-refractivity contribution in [3.8, 4) is 10.4 Å². The van der Waals surface area contributed by atoms with Crippen molar-refractivity contribution in [2.24, 2.45) is 5.92 Å². The highest BCUT2D eigenvalue weighted by molar-refractivity contribution is 7.22. The third-order valence-electron chi connectivity index (χ3n) is 3.68. The quantitative estimate of drug-likeness (QED) is 0.628. The molecular weight excluding hydrogens is 390 g/mol. The van der Waals surface area contributed by atoms with Crippen molar-refractivity contribution in [3.63, 3.8) is 0 Å². The molecule has 1 saturated carbocycles. The smallest absolute Gasteiger partial charge is 0.232 e. The lowest BCUT2D eigenvalue weighted by Gasteiger charge is -1.97. The highest BCUT2D eigenvalue weighted by Crippen LogP contribution is 2.36. The summed E-state index contributed by atoms with van der Waals surface area (Å²) in [7, 11) is 0. The first kappa shape index (κ1) is 19.1. The van der Waals surface area contributed by atoms with Gasteiger partial charge in [0, 0.05) is 4.88 Å². The molecule has 0 aliphatic heterocycles. The molecule has 0 radical (unpaired) electrons. The number of fused-ring (bicyclic) bond motifs is 1. The topological polar surface area (TPSA) is 42.0 Å². The first-order chi connectivity index (χ1) is 10.6. The van der Waals surface area contributed by atoms with Gasteiger partial charge in [-0.3, -0.25) is 4.79 Å². The molecule has 3 nitrogen and oxygen atoms in total. The van der Waals surface area contributed by atoms with Crippen molar-refractivity contribution in [1.29, 1.82) is 0 Å². The van der Waals surface area contributed by atoms with Gasteiger partial charge in [-0.25, -0.2) is 9.37 Å². The minimum atomic E-state index is -0.983. The van der Waals surface area contributed by atoms with Gasteiger partial charge >= 0.3 is 0 Å². The van der Waals surface area contributed by atoms with E-state index in [9.17, 15) is 9.18 Å². The second kappa shape index (κ2) is 7.35. The summed E-state index contributed by atoms with van der Waals surface area (Å²) in [5.74, 6) is -0.752. The maximum absolute atomic E-state index is 12.9. The molecule has 1 aromatic carbocycles. The van der Waals surface area contributed by atoms with Crippen LogP contribution in [0.5, 0.6) is 0 Å². The molecule has 8 heteroatoms. The lowest BCUT2D eigenvalue weighted by molar-refractivity contribution is -0.117. The normalized spacial score (nSPS) is 18.6. The van der Waals surface area contributed by atoms with Crippen LogP contribution < -0.4 is 5.32 Å². The van der Waals surface area contributed by atoms with E-state index in [-0.39, 0.29) is 30.7 Å². The molecule has 128 valence electrons. The molecule has 1 N–H and O–H groups in total. The summed E-state index contributed by atoms with van der Waals surface area (Å²) >= 11 is 3.14. The van der Waals surface area contributed by atoms with E-state index in [1.807, 2.05) is 12.1 Å². The number of nitrogens with zero attached hydrogens (tertiary/aromatic N) is 1. The van der Waals surface area contributed by atoms with Gasteiger partial charge < -0.3 is 5.32 Å². The van der Waals surface area contributed by atoms with E-state index in [4.69, 9.17) is 0 Å². The Morgan fingerprint density at radius 1 is 1.33 bits per heavy atom. The van der Waals surface area contributed by atoms with Gasteiger partial charge in [0.1, 0.15) is 6.17 Å². The van der Waals surface area contributed by atoms with E-state index < -0.39 is 12.1 Å². The Morgan fingerprint density at radius 2 is 2.08 bits per heavy atom. The number of nitrogens with one attached hydrogen (secondary N) is 1. The number of alkyl halides is 1. The van der Waals surface area contributed by atoms with Crippen LogP contribution in [-0.4, -0.2) is 17.1 Å². The Hall–Kier alpha value is -1.21. The van der Waals surface area contributed by atoms with Gasteiger partial charge in [0.2, 0.25) is 5.91 Å². The fraction of sp³-hybridized carbons (Fsp3) is 0.250. The standard InChI is InChI=1S/C16H13FN2OS2.2ClH/c1-8-4-13(21-7-8)9-2-3-12-14(5-9)22-16(18-12)19-15(20)10-6-11(10)17;;/h2-5,7,10-11H,6H2,1H3,(H,18,19,20);2*1H/t10-,11+;;/m1../s1. The van der Waals surface area contributed by atoms with Crippen molar-refractivity contribution in [1.82, 2.24) is 4.98 Å². The summed E-state index contributed by atoms with van der Waals surface area (Å²) in [6.07, 6.45) is -0.651. The zero-order valence-corrected chi connectivity index (χ0v) is 15.9. The van der Waals surface area contributed by atoms with Crippen LogP contribution in [0.2, 0.25) is 0 Å². The molecule has 4 rings (SSSR count). The number of hydrogen-bond donors (Lipinski definition) is 1. The molecule has 0 unspecified atom stereocenters. The average Bonchev–Trinajstić information content (AvgIpc) is 2.90. The second-order valence-electron chi connectivity index (χ2n) is 5.54. The van der Waals surface area contributed by atoms with Crippen LogP contribution in [-0.2, 0) is 4.79 Å². The lowest BCUT2D eigenvalue weighted by Crippen LogP contribution is -2.14. The molecule has 1 amide bonds. The zero-order valence-electron chi connectivity index (χ0n) is 12.6. The molecule has 1 aliphatic carbocycles. The number of amides is 1. The fourth-order valence-corrected chi connectivity index (χ4v) is 4.15. The predicted molar refractivity (Wildman–Crippen MR) is 104 cm³/mol. The summed E-state index contributed by atoms with van der Waals surface area (Å²) in [5.41, 5.74) is 3.26. The van der Waals surface area contributed by atoms with E-state index in [2.05, 4.69) is 34.7 Å². The number of halogens is 3. The van der Waals surface area contributed by atoms with Gasteiger partial charge in [0.05, 0.1) is 16.1 Å². The number of aryl methyl sites for hydroxylation is 1. The molecule has 0 saturated heterocycles. The van der Waals surface area contributed by atoms with Gasteiger partial charge in [-0.15, -0.1) is 36.2 Å². The number of carbonyl (C=O) groups excluding carboxylic acids is 1. The van der Waals surface area contributed by atoms with Crippen LogP contribution in [0.3, 0.4) is 0 Å². The van der Waals surface area contributed by atoms with E-state index in [1.165, 1.54) is 21.8 Å². The van der Waals surface area contributed by atoms with Gasteiger partial charge in [-0.1, -0.05) is 17.4 Å². The van der Waals surface area contributed by atoms with Crippen LogP contribution in [0.4, 0.5) is 9.52 Å². The van der Waals surface area contributed by atoms with Crippen molar-refractivity contribution in [2.75, 3.05) is 5.32 Å². The molecule has 2 heterocycles. The number of thiophene rings is 1. The number of carbonyl (C=O) groups is 1. The molecule has 1 fully saturated rings. The molecule has 2 atom stereocenters. The van der Waals surface area contributed by atoms with Gasteiger partial charge in [0.25, 0.3) is 0 Å². The molecule has 24 heavy (non-hydrogen) atoms. The van der Waals surface area contributed by atoms with Gasteiger partial charge in [-0.2, -0.15) is 0 Å². The Balaban J connectivity index is 0.00000104. The van der Waals surface area contributed by atoms with Crippen molar-refractivity contribution < 1.29 is 9.18 Å². The van der Waals surface area contributed by atoms with E-state index in [1.54, 1.807) is 11.3 Å². The molecular formula is C16H15Cl2FN2OS2. The number of benzene rings is 1. The molecule has 2 aromatic heterocycles. The van der Waals surface area contributed by atoms with E-state index >= 15 is 0 Å². The van der Waals surface area contributed by atoms with E-state index in [0.717, 1.165) is 15.8 Å². The Labute approximate surface area is 159 Å². The molecule has 3 aromatic rings. The number of aromatic nitrogens is 1. The fourth-order valence-electron chi connectivity index (χ4n) is 2.35. The Morgan fingerprint density at radius 3 is 2.71 bits per heavy atom. The minimum Gasteiger partial charge on any atom is -0.302 e. The molecule has 0 spiro atoms. The van der Waals surface area contributed by atoms with Crippen molar-refractivity contribution >= 4 is 68.7 Å². The molecule has 0 bridgehead atoms. The van der Waals surface area contributed by atoms with E-state index in [0.29, 0.717) is 11.6 Å². The summed E-state index contributed by atoms with van der Waals surface area (Å²) < 4.78 is 13.9. The first-order valence-electron chi connectivity index (χ1n) is 7.01. The summed E-state index contributed by atoms with van der Waals surface area (Å²) in [4.78, 5) is 17.4. The minimum absolute atomic E-state index is 0. The zero-order chi connectivity index (χ0) is 15.3. The van der Waals surface area contributed by atoms with Crippen LogP contribution in [0.25, 0.3) is 20.7 Å². The van der Waals surface area contributed by atoms with Crippen molar-refractivity contribution in [2.45, 2.75) is 19.5 Å². The summed E-state index contributed by atoms with van der Waals surface area (Å²) in [5, 5.41) is 5.38. The SMILES string of the molecule is Cc1csc(-c2ccc3nc(NC(=O)[C@@H]4C[C@@H]4F)sc3c2)c1.Cl.Cl. The maximum Gasteiger partial charge on any atom is 0.232 e. The van der Waals surface area contributed by atoms with Gasteiger partial charge in [-0.05, 0) is 48.1 Å². The predicted octanol–water partition coefficient (Wildman–Crippen LogP) is 5.47. The number of anilines is 1. The van der Waals surface area contributed by atoms with Crippen molar-refractivity contribution in [3.05, 3.63) is 35.2 Å². The van der Waals surface area contributed by atoms with Crippen LogP contribution in [0, 0.1) is 12.8 Å². The summed E-state index contributed by atoms with van der Waals surface area (Å²) in [6.45, 7) is 2.08. The Kier molecular flexibility index (Phi) is 5.86. The average molecular weight is 405 g/mol. The second-order valence-corrected chi connectivity index (χ2v) is 7.48. The lowest BCUT2D eigenvalue weighted by atomic mass is 10.1. The highest BCUT2D eigenvalue weighted by Gasteiger charge is 2.43. The summed E-state index contributed by atoms with van der Waals surface area (Å²) in [6, 6.07) is 8.24. The molecule has 1 aliphatic rings. The number of thiazole rings is 1. The third-order valence-corrected chi connectivity index (χ3v) is 5.71. The van der Waals surface area contributed by atoms with Crippen LogP contribution in [0.1, 0.15) is 12.0 Å². The number of hydrogen-bond acceptors (Lipinski definition) is 4. The monoisotopic (exact) mass is 404 g/mol. The Bertz CT molecular complexity index is 880. The maximum atomic E-state index is 12.9.